The minimum atomic E-state index is -0.0878. The van der Waals surface area contributed by atoms with Crippen LogP contribution in [0.4, 0.5) is 5.69 Å². The largest absolute Gasteiger partial charge is 0.387 e. The van der Waals surface area contributed by atoms with Crippen LogP contribution in [-0.2, 0) is 0 Å². The van der Waals surface area contributed by atoms with Crippen LogP contribution in [0.1, 0.15) is 23.7 Å². The third kappa shape index (κ3) is 4.42. The summed E-state index contributed by atoms with van der Waals surface area (Å²) >= 11 is 7.71. The van der Waals surface area contributed by atoms with E-state index in [-0.39, 0.29) is 5.91 Å². The second-order valence-electron chi connectivity index (χ2n) is 4.03. The van der Waals surface area contributed by atoms with Gasteiger partial charge in [-0.3, -0.25) is 4.79 Å². The summed E-state index contributed by atoms with van der Waals surface area (Å²) in [6, 6.07) is 5.25. The Bertz CT molecular complexity index is 412. The van der Waals surface area contributed by atoms with E-state index in [4.69, 9.17) is 11.6 Å². The van der Waals surface area contributed by atoms with Crippen LogP contribution in [-0.4, -0.2) is 31.0 Å². The molecule has 0 aliphatic carbocycles. The molecule has 18 heavy (non-hydrogen) atoms. The number of halogens is 1. The Morgan fingerprint density at radius 2 is 2.22 bits per heavy atom. The Kier molecular flexibility index (Phi) is 6.36. The molecule has 1 rings (SSSR count). The number of rotatable bonds is 6. The maximum Gasteiger partial charge on any atom is 0.253 e. The van der Waals surface area contributed by atoms with Gasteiger partial charge in [0.25, 0.3) is 5.91 Å². The van der Waals surface area contributed by atoms with E-state index in [1.807, 2.05) is 6.07 Å². The fraction of sp³-hybridized carbons (Fsp3) is 0.462. The molecule has 0 radical (unpaired) electrons. The van der Waals surface area contributed by atoms with Crippen molar-refractivity contribution in [2.24, 2.45) is 0 Å². The Morgan fingerprint density at radius 3 is 2.83 bits per heavy atom. The molecule has 5 heteroatoms. The highest BCUT2D eigenvalue weighted by Gasteiger charge is 2.11. The van der Waals surface area contributed by atoms with Gasteiger partial charge in [0.05, 0.1) is 5.56 Å². The van der Waals surface area contributed by atoms with Gasteiger partial charge in [-0.15, -0.1) is 0 Å². The van der Waals surface area contributed by atoms with Crippen LogP contribution in [0, 0.1) is 0 Å². The number of benzene rings is 1. The molecular formula is C13H19ClN2OS. The van der Waals surface area contributed by atoms with Gasteiger partial charge in [-0.25, -0.2) is 0 Å². The van der Waals surface area contributed by atoms with Crippen LogP contribution in [0.15, 0.2) is 18.2 Å². The van der Waals surface area contributed by atoms with E-state index < -0.39 is 0 Å². The average Bonchev–Trinajstić information content (AvgIpc) is 2.38. The molecule has 1 atom stereocenters. The SMILES string of the molecule is CNc1ccc(Cl)cc1C(=O)NCCC(C)SC. The summed E-state index contributed by atoms with van der Waals surface area (Å²) in [5.41, 5.74) is 1.37. The Labute approximate surface area is 118 Å². The van der Waals surface area contributed by atoms with E-state index in [9.17, 15) is 4.79 Å². The van der Waals surface area contributed by atoms with E-state index in [0.717, 1.165) is 12.1 Å². The first-order chi connectivity index (χ1) is 8.58. The van der Waals surface area contributed by atoms with Crippen LogP contribution in [0.2, 0.25) is 5.02 Å². The first-order valence-corrected chi connectivity index (χ1v) is 7.53. The van der Waals surface area contributed by atoms with E-state index in [1.54, 1.807) is 30.9 Å². The van der Waals surface area contributed by atoms with E-state index >= 15 is 0 Å². The Balaban J connectivity index is 2.63. The maximum absolute atomic E-state index is 12.0. The van der Waals surface area contributed by atoms with Gasteiger partial charge in [-0.2, -0.15) is 11.8 Å². The molecule has 2 N–H and O–H groups in total. The predicted molar refractivity (Wildman–Crippen MR) is 80.9 cm³/mol. The highest BCUT2D eigenvalue weighted by Crippen LogP contribution is 2.20. The van der Waals surface area contributed by atoms with Crippen molar-refractivity contribution in [3.63, 3.8) is 0 Å². The molecule has 3 nitrogen and oxygen atoms in total. The van der Waals surface area contributed by atoms with Crippen LogP contribution in [0.25, 0.3) is 0 Å². The number of hydrogen-bond donors (Lipinski definition) is 2. The third-order valence-corrected chi connectivity index (χ3v) is 4.01. The first-order valence-electron chi connectivity index (χ1n) is 5.86. The molecule has 0 spiro atoms. The Morgan fingerprint density at radius 1 is 1.50 bits per heavy atom. The monoisotopic (exact) mass is 286 g/mol. The lowest BCUT2D eigenvalue weighted by atomic mass is 10.1. The average molecular weight is 287 g/mol. The van der Waals surface area contributed by atoms with Crippen molar-refractivity contribution < 1.29 is 4.79 Å². The zero-order valence-corrected chi connectivity index (χ0v) is 12.5. The minimum absolute atomic E-state index is 0.0878. The minimum Gasteiger partial charge on any atom is -0.387 e. The maximum atomic E-state index is 12.0. The van der Waals surface area contributed by atoms with Crippen molar-refractivity contribution in [2.45, 2.75) is 18.6 Å². The summed E-state index contributed by atoms with van der Waals surface area (Å²) in [5, 5.41) is 7.02. The lowest BCUT2D eigenvalue weighted by Gasteiger charge is -2.12. The molecule has 100 valence electrons. The molecule has 1 unspecified atom stereocenters. The second-order valence-corrected chi connectivity index (χ2v) is 5.74. The molecule has 1 aromatic rings. The fourth-order valence-corrected chi connectivity index (χ4v) is 2.05. The van der Waals surface area contributed by atoms with Crippen molar-refractivity contribution in [1.82, 2.24) is 5.32 Å². The van der Waals surface area contributed by atoms with Crippen molar-refractivity contribution in [1.29, 1.82) is 0 Å². The first kappa shape index (κ1) is 15.2. The normalized spacial score (nSPS) is 12.0. The second kappa shape index (κ2) is 7.54. The van der Waals surface area contributed by atoms with Crippen molar-refractivity contribution in [3.8, 4) is 0 Å². The van der Waals surface area contributed by atoms with E-state index in [0.29, 0.717) is 22.4 Å². The van der Waals surface area contributed by atoms with E-state index in [1.165, 1.54) is 0 Å². The standard InChI is InChI=1S/C13H19ClN2OS/c1-9(18-3)6-7-16-13(17)11-8-10(14)4-5-12(11)15-2/h4-5,8-9,15H,6-7H2,1-3H3,(H,16,17). The summed E-state index contributed by atoms with van der Waals surface area (Å²) in [6.07, 6.45) is 3.03. The number of hydrogen-bond acceptors (Lipinski definition) is 3. The number of thioether (sulfide) groups is 1. The molecule has 0 aliphatic heterocycles. The quantitative estimate of drug-likeness (QED) is 0.843. The number of carbonyl (C=O) groups excluding carboxylic acids is 1. The molecule has 1 amide bonds. The smallest absolute Gasteiger partial charge is 0.253 e. The highest BCUT2D eigenvalue weighted by molar-refractivity contribution is 7.99. The predicted octanol–water partition coefficient (Wildman–Crippen LogP) is 3.25. The van der Waals surface area contributed by atoms with Gasteiger partial charge in [0, 0.05) is 29.6 Å². The van der Waals surface area contributed by atoms with Crippen LogP contribution < -0.4 is 10.6 Å². The van der Waals surface area contributed by atoms with Gasteiger partial charge in [0.15, 0.2) is 0 Å². The Hall–Kier alpha value is -0.870. The highest BCUT2D eigenvalue weighted by atomic mass is 35.5. The zero-order chi connectivity index (χ0) is 13.5. The number of amides is 1. The number of carbonyl (C=O) groups is 1. The van der Waals surface area contributed by atoms with Gasteiger partial charge in [-0.1, -0.05) is 18.5 Å². The summed E-state index contributed by atoms with van der Waals surface area (Å²) in [6.45, 7) is 2.83. The van der Waals surface area contributed by atoms with Crippen molar-refractivity contribution in [2.75, 3.05) is 25.2 Å². The third-order valence-electron chi connectivity index (χ3n) is 2.73. The molecular weight excluding hydrogens is 268 g/mol. The summed E-state index contributed by atoms with van der Waals surface area (Å²) in [7, 11) is 1.79. The molecule has 0 aliphatic rings. The van der Waals surface area contributed by atoms with Crippen molar-refractivity contribution >= 4 is 35.0 Å². The molecule has 0 heterocycles. The van der Waals surface area contributed by atoms with Crippen LogP contribution in [0.3, 0.4) is 0 Å². The van der Waals surface area contributed by atoms with Crippen molar-refractivity contribution in [3.05, 3.63) is 28.8 Å². The zero-order valence-electron chi connectivity index (χ0n) is 10.9. The summed E-state index contributed by atoms with van der Waals surface area (Å²) in [5.74, 6) is -0.0878. The molecule has 0 saturated carbocycles. The van der Waals surface area contributed by atoms with Crippen LogP contribution >= 0.6 is 23.4 Å². The molecule has 0 bridgehead atoms. The molecule has 0 fully saturated rings. The molecule has 1 aromatic carbocycles. The fourth-order valence-electron chi connectivity index (χ4n) is 1.52. The van der Waals surface area contributed by atoms with Crippen LogP contribution in [0.5, 0.6) is 0 Å². The van der Waals surface area contributed by atoms with Gasteiger partial charge < -0.3 is 10.6 Å². The molecule has 0 aromatic heterocycles. The van der Waals surface area contributed by atoms with Gasteiger partial charge in [-0.05, 0) is 30.9 Å². The number of anilines is 1. The molecule has 0 saturated heterocycles. The van der Waals surface area contributed by atoms with Gasteiger partial charge >= 0.3 is 0 Å². The lowest BCUT2D eigenvalue weighted by Crippen LogP contribution is -2.26. The van der Waals surface area contributed by atoms with Gasteiger partial charge in [0.2, 0.25) is 0 Å². The van der Waals surface area contributed by atoms with E-state index in [2.05, 4.69) is 23.8 Å². The summed E-state index contributed by atoms with van der Waals surface area (Å²) in [4.78, 5) is 12.0. The topological polar surface area (TPSA) is 41.1 Å². The summed E-state index contributed by atoms with van der Waals surface area (Å²) < 4.78 is 0. The number of nitrogens with one attached hydrogen (secondary N) is 2. The lowest BCUT2D eigenvalue weighted by molar-refractivity contribution is 0.0954. The van der Waals surface area contributed by atoms with Gasteiger partial charge in [0.1, 0.15) is 0 Å².